The highest BCUT2D eigenvalue weighted by atomic mass is 79.9. The largest absolute Gasteiger partial charge is 0.0928 e. The Labute approximate surface area is 93.6 Å². The molecule has 0 spiro atoms. The fraction of sp³-hybridized carbons (Fsp3) is 1.00. The van der Waals surface area contributed by atoms with E-state index in [-0.39, 0.29) is 0 Å². The summed E-state index contributed by atoms with van der Waals surface area (Å²) >= 11 is 3.38. The molecule has 0 rings (SSSR count). The second-order valence-electron chi connectivity index (χ2n) is 3.46. The smallest absolute Gasteiger partial charge is 0.00313 e. The van der Waals surface area contributed by atoms with Gasteiger partial charge in [-0.1, -0.05) is 81.6 Å². The summed E-state index contributed by atoms with van der Waals surface area (Å²) in [5, 5.41) is 1.17. The Bertz CT molecular complexity index is 54.1. The summed E-state index contributed by atoms with van der Waals surface area (Å²) in [6.45, 7) is 6.69. The van der Waals surface area contributed by atoms with E-state index in [1.807, 2.05) is 0 Å². The molecule has 0 aliphatic heterocycles. The van der Waals surface area contributed by atoms with Crippen LogP contribution in [-0.4, -0.2) is 5.33 Å². The lowest BCUT2D eigenvalue weighted by Crippen LogP contribution is -1.73. The zero-order chi connectivity index (χ0) is 10.4. The Kier molecular flexibility index (Phi) is 22.4. The Morgan fingerprint density at radius 3 is 1.31 bits per heavy atom. The molecule has 1 heteroatoms. The van der Waals surface area contributed by atoms with Crippen molar-refractivity contribution in [2.24, 2.45) is 0 Å². The molecule has 0 fully saturated rings. The van der Waals surface area contributed by atoms with Crippen molar-refractivity contribution < 1.29 is 0 Å². The summed E-state index contributed by atoms with van der Waals surface area (Å²) in [4.78, 5) is 0. The first kappa shape index (κ1) is 15.9. The molecule has 0 aliphatic carbocycles. The van der Waals surface area contributed by atoms with Crippen LogP contribution >= 0.6 is 15.9 Å². The molecule has 0 radical (unpaired) electrons. The Morgan fingerprint density at radius 1 is 0.615 bits per heavy atom. The van der Waals surface area contributed by atoms with E-state index in [0.29, 0.717) is 0 Å². The summed E-state index contributed by atoms with van der Waals surface area (Å²) in [5.41, 5.74) is 0. The maximum atomic E-state index is 3.38. The van der Waals surface area contributed by atoms with Crippen LogP contribution in [0.5, 0.6) is 0 Å². The number of hydrogen-bond donors (Lipinski definition) is 0. The van der Waals surface area contributed by atoms with Gasteiger partial charge in [0.2, 0.25) is 0 Å². The van der Waals surface area contributed by atoms with Gasteiger partial charge in [-0.3, -0.25) is 0 Å². The van der Waals surface area contributed by atoms with E-state index in [1.54, 1.807) is 0 Å². The maximum absolute atomic E-state index is 3.38. The summed E-state index contributed by atoms with van der Waals surface area (Å²) in [7, 11) is 0. The van der Waals surface area contributed by atoms with Gasteiger partial charge in [0.1, 0.15) is 0 Å². The quantitative estimate of drug-likeness (QED) is 0.411. The Morgan fingerprint density at radius 2 is 1.00 bits per heavy atom. The summed E-state index contributed by atoms with van der Waals surface area (Å²) in [6, 6.07) is 0. The van der Waals surface area contributed by atoms with Crippen molar-refractivity contribution in [1.82, 2.24) is 0 Å². The molecule has 0 aromatic rings. The van der Waals surface area contributed by atoms with Crippen LogP contribution in [0.1, 0.15) is 72.1 Å². The molecule has 0 bridgehead atoms. The molecule has 0 amide bonds. The minimum Gasteiger partial charge on any atom is -0.0928 e. The van der Waals surface area contributed by atoms with E-state index in [9.17, 15) is 0 Å². The number of rotatable bonds is 7. The van der Waals surface area contributed by atoms with Crippen LogP contribution in [0, 0.1) is 0 Å². The zero-order valence-electron chi connectivity index (χ0n) is 9.74. The molecular weight excluding hydrogens is 224 g/mol. The second kappa shape index (κ2) is 18.3. The predicted octanol–water partition coefficient (Wildman–Crippen LogP) is 5.55. The molecular formula is C12H27Br. The van der Waals surface area contributed by atoms with Crippen LogP contribution in [0.3, 0.4) is 0 Å². The molecule has 0 atom stereocenters. The van der Waals surface area contributed by atoms with Crippen LogP contribution in [0.4, 0.5) is 0 Å². The fourth-order valence-corrected chi connectivity index (χ4v) is 1.42. The van der Waals surface area contributed by atoms with Crippen LogP contribution in [0.15, 0.2) is 0 Å². The van der Waals surface area contributed by atoms with Crippen LogP contribution in [-0.2, 0) is 0 Å². The summed E-state index contributed by atoms with van der Waals surface area (Å²) in [5.74, 6) is 0. The molecule has 13 heavy (non-hydrogen) atoms. The average molecular weight is 251 g/mol. The van der Waals surface area contributed by atoms with Gasteiger partial charge in [-0.05, 0) is 6.42 Å². The third-order valence-electron chi connectivity index (χ3n) is 1.94. The number of halogens is 1. The van der Waals surface area contributed by atoms with Gasteiger partial charge in [-0.2, -0.15) is 0 Å². The van der Waals surface area contributed by atoms with Crippen molar-refractivity contribution in [1.29, 1.82) is 0 Å². The van der Waals surface area contributed by atoms with Crippen molar-refractivity contribution >= 4 is 15.9 Å². The Hall–Kier alpha value is 0.480. The third-order valence-corrected chi connectivity index (χ3v) is 2.51. The lowest BCUT2D eigenvalue weighted by molar-refractivity contribution is 0.702. The highest BCUT2D eigenvalue weighted by Crippen LogP contribution is 1.99. The highest BCUT2D eigenvalue weighted by molar-refractivity contribution is 9.09. The minimum atomic E-state index is 1.17. The van der Waals surface area contributed by atoms with Gasteiger partial charge in [0.15, 0.2) is 0 Å². The van der Waals surface area contributed by atoms with E-state index >= 15 is 0 Å². The molecule has 0 heterocycles. The predicted molar refractivity (Wildman–Crippen MR) is 67.8 cm³/mol. The van der Waals surface area contributed by atoms with Gasteiger partial charge in [-0.15, -0.1) is 0 Å². The zero-order valence-corrected chi connectivity index (χ0v) is 11.3. The van der Waals surface area contributed by atoms with Crippen molar-refractivity contribution in [2.45, 2.75) is 72.1 Å². The molecule has 0 unspecified atom stereocenters. The number of unbranched alkanes of at least 4 members (excludes halogenated alkanes) is 6. The first-order chi connectivity index (χ1) is 6.33. The molecule has 0 aromatic heterocycles. The van der Waals surface area contributed by atoms with Crippen molar-refractivity contribution in [3.8, 4) is 0 Å². The number of hydrogen-bond acceptors (Lipinski definition) is 0. The third kappa shape index (κ3) is 24.5. The molecule has 0 saturated heterocycles. The molecule has 0 N–H and O–H groups in total. The first-order valence-electron chi connectivity index (χ1n) is 5.89. The second-order valence-corrected chi connectivity index (χ2v) is 4.25. The molecule has 82 valence electrons. The maximum Gasteiger partial charge on any atom is 0.00313 e. The minimum absolute atomic E-state index is 1.17. The van der Waals surface area contributed by atoms with E-state index in [1.165, 1.54) is 56.7 Å². The van der Waals surface area contributed by atoms with Gasteiger partial charge in [0, 0.05) is 5.33 Å². The van der Waals surface area contributed by atoms with Crippen molar-refractivity contribution in [2.75, 3.05) is 5.33 Å². The van der Waals surface area contributed by atoms with Gasteiger partial charge >= 0.3 is 0 Å². The van der Waals surface area contributed by atoms with Gasteiger partial charge in [0.25, 0.3) is 0 Å². The average Bonchev–Trinajstić information content (AvgIpc) is 2.17. The molecule has 0 nitrogen and oxygen atoms in total. The van der Waals surface area contributed by atoms with E-state index in [4.69, 9.17) is 0 Å². The van der Waals surface area contributed by atoms with Crippen molar-refractivity contribution in [3.63, 3.8) is 0 Å². The standard InChI is InChI=1S/C6H13Br.C6H14/c1-2-3-4-5-6-7;1-3-5-6-4-2/h2-6H2,1H3;3-6H2,1-2H3. The fourth-order valence-electron chi connectivity index (χ4n) is 1.02. The molecule has 0 saturated carbocycles. The lowest BCUT2D eigenvalue weighted by Gasteiger charge is -1.89. The monoisotopic (exact) mass is 250 g/mol. The summed E-state index contributed by atoms with van der Waals surface area (Å²) < 4.78 is 0. The van der Waals surface area contributed by atoms with Crippen LogP contribution in [0.2, 0.25) is 0 Å². The Balaban J connectivity index is 0. The number of alkyl halides is 1. The van der Waals surface area contributed by atoms with E-state index < -0.39 is 0 Å². The van der Waals surface area contributed by atoms with Gasteiger partial charge in [-0.25, -0.2) is 0 Å². The van der Waals surface area contributed by atoms with E-state index in [2.05, 4.69) is 36.7 Å². The van der Waals surface area contributed by atoms with Gasteiger partial charge < -0.3 is 0 Å². The lowest BCUT2D eigenvalue weighted by atomic mass is 10.2. The van der Waals surface area contributed by atoms with Crippen LogP contribution < -0.4 is 0 Å². The van der Waals surface area contributed by atoms with Crippen molar-refractivity contribution in [3.05, 3.63) is 0 Å². The van der Waals surface area contributed by atoms with Crippen LogP contribution in [0.25, 0.3) is 0 Å². The highest BCUT2D eigenvalue weighted by Gasteiger charge is 1.81. The normalized spacial score (nSPS) is 9.23. The molecule has 0 aliphatic rings. The topological polar surface area (TPSA) is 0 Å². The summed E-state index contributed by atoms with van der Waals surface area (Å²) in [6.07, 6.45) is 11.0. The SMILES string of the molecule is CCCCCC.CCCCCCBr. The van der Waals surface area contributed by atoms with E-state index in [0.717, 1.165) is 0 Å². The van der Waals surface area contributed by atoms with Gasteiger partial charge in [0.05, 0.1) is 0 Å². The molecule has 0 aromatic carbocycles. The first-order valence-corrected chi connectivity index (χ1v) is 7.01.